The van der Waals surface area contributed by atoms with E-state index in [-0.39, 0.29) is 23.9 Å². The van der Waals surface area contributed by atoms with Crippen LogP contribution in [0.4, 0.5) is 14.6 Å². The van der Waals surface area contributed by atoms with Crippen LogP contribution in [0.2, 0.25) is 0 Å². The number of benzene rings is 1. The first kappa shape index (κ1) is 42.1. The quantitative estimate of drug-likeness (QED) is 0.166. The highest BCUT2D eigenvalue weighted by Gasteiger charge is 2.27. The van der Waals surface area contributed by atoms with Crippen molar-refractivity contribution in [3.8, 4) is 35.7 Å². The molecule has 12 nitrogen and oxygen atoms in total. The number of nitrogens with zero attached hydrogens (tertiary/aromatic N) is 4. The Morgan fingerprint density at radius 2 is 1.85 bits per heavy atom. The predicted molar refractivity (Wildman–Crippen MR) is 180 cm³/mol. The lowest BCUT2D eigenvalue weighted by atomic mass is 10.1. The minimum Gasteiger partial charge on any atom is -0.480 e. The number of carbonyl (C=O) groups excluding carboxylic acids is 2. The van der Waals surface area contributed by atoms with Crippen molar-refractivity contribution in [3.05, 3.63) is 78.0 Å². The molecule has 4 rings (SSSR count). The number of terminal acetylenes is 1. The number of anilines is 1. The van der Waals surface area contributed by atoms with Gasteiger partial charge in [0.15, 0.2) is 17.9 Å². The van der Waals surface area contributed by atoms with Crippen molar-refractivity contribution in [3.63, 3.8) is 0 Å². The first-order valence-corrected chi connectivity index (χ1v) is 14.2. The van der Waals surface area contributed by atoms with Crippen LogP contribution in [0, 0.1) is 31.4 Å². The number of allylic oxidation sites excluding steroid dienone is 3. The van der Waals surface area contributed by atoms with Gasteiger partial charge in [-0.25, -0.2) is 18.4 Å². The molecule has 14 heteroatoms. The summed E-state index contributed by atoms with van der Waals surface area (Å²) < 4.78 is 39.4. The molecule has 0 spiro atoms. The lowest BCUT2D eigenvalue weighted by Gasteiger charge is -2.16. The molecule has 1 saturated heterocycles. The van der Waals surface area contributed by atoms with E-state index >= 15 is 0 Å². The Labute approximate surface area is 275 Å². The number of carbonyl (C=O) groups is 2. The molecule has 0 aliphatic carbocycles. The van der Waals surface area contributed by atoms with Gasteiger partial charge in [-0.3, -0.25) is 14.4 Å². The van der Waals surface area contributed by atoms with Gasteiger partial charge in [-0.2, -0.15) is 10.2 Å². The number of hydroxylamine groups is 2. The molecule has 3 heterocycles. The summed E-state index contributed by atoms with van der Waals surface area (Å²) in [6, 6.07) is 5.12. The number of methoxy groups -OCH3 is 2. The van der Waals surface area contributed by atoms with Gasteiger partial charge in [0.1, 0.15) is 5.82 Å². The minimum absolute atomic E-state index is 0.0799. The molecule has 3 aromatic rings. The van der Waals surface area contributed by atoms with E-state index in [1.165, 1.54) is 17.9 Å². The third-order valence-corrected chi connectivity index (χ3v) is 5.84. The summed E-state index contributed by atoms with van der Waals surface area (Å²) in [5, 5.41) is 12.6. The number of aldehydes is 1. The Hall–Kier alpha value is -4.94. The SMILES string of the molecule is C#C.C=C/C=C\C.CNC.COCCN1C[C@@H](Nc2c(C)c(-c3cnc(OC)c(C=O)c3)nn2-c2ccc(F)c(F)c2)CO1.NC=O. The number of nitrogens with one attached hydrogen (secondary N) is 2. The maximum Gasteiger partial charge on any atom is 0.223 e. The van der Waals surface area contributed by atoms with Crippen molar-refractivity contribution in [1.29, 1.82) is 0 Å². The molecular formula is C33H45F2N7O5. The second-order valence-electron chi connectivity index (χ2n) is 9.19. The highest BCUT2D eigenvalue weighted by Crippen LogP contribution is 2.33. The van der Waals surface area contributed by atoms with Gasteiger partial charge in [0, 0.05) is 43.6 Å². The van der Waals surface area contributed by atoms with Crippen LogP contribution in [0.5, 0.6) is 5.88 Å². The summed E-state index contributed by atoms with van der Waals surface area (Å²) in [6.07, 6.45) is 16.0. The molecule has 1 fully saturated rings. The molecule has 0 bridgehead atoms. The molecule has 256 valence electrons. The van der Waals surface area contributed by atoms with Crippen molar-refractivity contribution < 1.29 is 32.7 Å². The van der Waals surface area contributed by atoms with Gasteiger partial charge in [0.25, 0.3) is 0 Å². The molecule has 0 unspecified atom stereocenters. The number of ether oxygens (including phenoxy) is 2. The molecule has 1 amide bonds. The molecule has 1 atom stereocenters. The molecule has 0 radical (unpaired) electrons. The van der Waals surface area contributed by atoms with Crippen LogP contribution in [0.3, 0.4) is 0 Å². The molecule has 0 saturated carbocycles. The average Bonchev–Trinajstić information content (AvgIpc) is 3.67. The zero-order chi connectivity index (χ0) is 35.8. The van der Waals surface area contributed by atoms with Gasteiger partial charge in [0.2, 0.25) is 12.3 Å². The second-order valence-corrected chi connectivity index (χ2v) is 9.19. The van der Waals surface area contributed by atoms with Crippen molar-refractivity contribution in [2.45, 2.75) is 19.9 Å². The largest absolute Gasteiger partial charge is 0.480 e. The van der Waals surface area contributed by atoms with E-state index in [0.717, 1.165) is 17.7 Å². The Kier molecular flexibility index (Phi) is 21.8. The summed E-state index contributed by atoms with van der Waals surface area (Å²) in [7, 11) is 6.81. The summed E-state index contributed by atoms with van der Waals surface area (Å²) in [5.74, 6) is -1.14. The summed E-state index contributed by atoms with van der Waals surface area (Å²) in [6.45, 7) is 9.44. The van der Waals surface area contributed by atoms with Crippen LogP contribution in [-0.2, 0) is 14.4 Å². The number of nitrogens with two attached hydrogens (primary N) is 1. The van der Waals surface area contributed by atoms with E-state index in [0.29, 0.717) is 55.4 Å². The number of hydrogen-bond donors (Lipinski definition) is 3. The van der Waals surface area contributed by atoms with Crippen LogP contribution in [-0.4, -0.2) is 93.2 Å². The molecule has 4 N–H and O–H groups in total. The maximum atomic E-state index is 14.0. The Bertz CT molecular complexity index is 1430. The lowest BCUT2D eigenvalue weighted by molar-refractivity contribution is -0.118. The average molecular weight is 658 g/mol. The van der Waals surface area contributed by atoms with Gasteiger partial charge < -0.3 is 25.8 Å². The molecule has 1 aromatic carbocycles. The van der Waals surface area contributed by atoms with E-state index in [1.54, 1.807) is 30.5 Å². The van der Waals surface area contributed by atoms with Crippen LogP contribution in [0.15, 0.2) is 55.3 Å². The van der Waals surface area contributed by atoms with Crippen LogP contribution < -0.4 is 21.1 Å². The maximum absolute atomic E-state index is 14.0. The Balaban J connectivity index is 0.00000141. The molecular weight excluding hydrogens is 612 g/mol. The van der Waals surface area contributed by atoms with Crippen molar-refractivity contribution >= 4 is 18.5 Å². The van der Waals surface area contributed by atoms with E-state index < -0.39 is 11.6 Å². The number of rotatable bonds is 10. The van der Waals surface area contributed by atoms with Crippen molar-refractivity contribution in [1.82, 2.24) is 25.1 Å². The van der Waals surface area contributed by atoms with Crippen molar-refractivity contribution in [2.24, 2.45) is 5.73 Å². The zero-order valence-electron chi connectivity index (χ0n) is 27.7. The van der Waals surface area contributed by atoms with Crippen LogP contribution in [0.1, 0.15) is 22.8 Å². The van der Waals surface area contributed by atoms with Gasteiger partial charge in [-0.1, -0.05) is 24.8 Å². The van der Waals surface area contributed by atoms with E-state index in [9.17, 15) is 13.6 Å². The monoisotopic (exact) mass is 657 g/mol. The first-order valence-electron chi connectivity index (χ1n) is 14.2. The summed E-state index contributed by atoms with van der Waals surface area (Å²) in [5.41, 5.74) is 6.62. The van der Waals surface area contributed by atoms with E-state index in [2.05, 4.69) is 45.9 Å². The topological polar surface area (TPSA) is 146 Å². The molecule has 1 aliphatic heterocycles. The fourth-order valence-corrected chi connectivity index (χ4v) is 3.91. The Morgan fingerprint density at radius 3 is 2.36 bits per heavy atom. The Morgan fingerprint density at radius 1 is 1.19 bits per heavy atom. The number of amides is 1. The molecule has 2 aromatic heterocycles. The van der Waals surface area contributed by atoms with Crippen molar-refractivity contribution in [2.75, 3.05) is 59.9 Å². The van der Waals surface area contributed by atoms with Crippen LogP contribution >= 0.6 is 0 Å². The van der Waals surface area contributed by atoms with Crippen LogP contribution in [0.25, 0.3) is 16.9 Å². The highest BCUT2D eigenvalue weighted by atomic mass is 19.2. The number of hydrogen-bond acceptors (Lipinski definition) is 10. The molecule has 1 aliphatic rings. The molecule has 47 heavy (non-hydrogen) atoms. The third-order valence-electron chi connectivity index (χ3n) is 5.84. The predicted octanol–water partition coefficient (Wildman–Crippen LogP) is 3.95. The zero-order valence-corrected chi connectivity index (χ0v) is 27.7. The van der Waals surface area contributed by atoms with E-state index in [1.807, 2.05) is 40.1 Å². The normalized spacial score (nSPS) is 13.3. The summed E-state index contributed by atoms with van der Waals surface area (Å²) in [4.78, 5) is 30.0. The highest BCUT2D eigenvalue weighted by molar-refractivity contribution is 5.82. The smallest absolute Gasteiger partial charge is 0.223 e. The minimum atomic E-state index is -0.984. The van der Waals surface area contributed by atoms with Gasteiger partial charge in [-0.15, -0.1) is 12.8 Å². The fraction of sp³-hybridized carbons (Fsp3) is 0.333. The second kappa shape index (κ2) is 24.3. The standard InChI is InChI=1S/C23H25F2N5O4.C5H8.C2H7N.C2H2.CH3NO/c1-14-21(15-8-16(12-31)23(33-3)26-10-15)28-30(18-4-5-19(24)20(25)9-18)22(14)27-17-11-29(34-13-17)6-7-32-2;1-3-5-4-2;1-3-2;1-2;2-1-3/h4-5,8-10,12,17,27H,6-7,11,13H2,1-3H3;3-5H,1H2,2H3;3H,1-2H3;1-2H;1H,(H2,2,3)/b;5-4-;;;/t17-;;;;/m1..../s1. The number of pyridine rings is 1. The third kappa shape index (κ3) is 13.5. The fourth-order valence-electron chi connectivity index (χ4n) is 3.91. The first-order chi connectivity index (χ1) is 22.7. The van der Waals surface area contributed by atoms with Gasteiger partial charge in [-0.05, 0) is 46.1 Å². The lowest BCUT2D eigenvalue weighted by Crippen LogP contribution is -2.29. The summed E-state index contributed by atoms with van der Waals surface area (Å²) >= 11 is 0. The van der Waals surface area contributed by atoms with Gasteiger partial charge >= 0.3 is 0 Å². The number of halogens is 2. The van der Waals surface area contributed by atoms with Gasteiger partial charge in [0.05, 0.1) is 43.3 Å². The van der Waals surface area contributed by atoms with E-state index in [4.69, 9.17) is 19.1 Å². The number of aromatic nitrogens is 3. The number of primary amides is 1.